The molecule has 2 heterocycles. The first-order valence-corrected chi connectivity index (χ1v) is 6.09. The number of thiophene rings is 1. The highest BCUT2D eigenvalue weighted by Gasteiger charge is 2.31. The molecule has 1 saturated heterocycles. The van der Waals surface area contributed by atoms with Gasteiger partial charge in [-0.3, -0.25) is 0 Å². The maximum atomic E-state index is 10.3. The zero-order valence-electron chi connectivity index (χ0n) is 8.49. The Balaban J connectivity index is 1.96. The Morgan fingerprint density at radius 3 is 3.14 bits per heavy atom. The standard InChI is InChI=1S/C11H17NOS/c1-9-2-4-11(13,8-12-9)6-10-3-5-14-7-10/h3,5,7,9,12-13H,2,4,6,8H2,1H3. The van der Waals surface area contributed by atoms with Crippen LogP contribution in [-0.2, 0) is 6.42 Å². The third-order valence-corrected chi connectivity index (χ3v) is 3.67. The average Bonchev–Trinajstić information content (AvgIpc) is 2.63. The summed E-state index contributed by atoms with van der Waals surface area (Å²) >= 11 is 1.70. The molecule has 14 heavy (non-hydrogen) atoms. The first-order chi connectivity index (χ1) is 6.68. The molecule has 2 atom stereocenters. The number of rotatable bonds is 2. The lowest BCUT2D eigenvalue weighted by atomic mass is 9.86. The smallest absolute Gasteiger partial charge is 0.0812 e. The highest BCUT2D eigenvalue weighted by atomic mass is 32.1. The second kappa shape index (κ2) is 4.01. The van der Waals surface area contributed by atoms with Gasteiger partial charge in [0.1, 0.15) is 0 Å². The molecule has 0 amide bonds. The van der Waals surface area contributed by atoms with Gasteiger partial charge in [-0.25, -0.2) is 0 Å². The molecular weight excluding hydrogens is 194 g/mol. The van der Waals surface area contributed by atoms with Crippen molar-refractivity contribution in [1.82, 2.24) is 5.32 Å². The molecule has 78 valence electrons. The van der Waals surface area contributed by atoms with Gasteiger partial charge >= 0.3 is 0 Å². The molecule has 2 unspecified atom stereocenters. The van der Waals surface area contributed by atoms with Gasteiger partial charge in [-0.2, -0.15) is 11.3 Å². The van der Waals surface area contributed by atoms with E-state index in [1.54, 1.807) is 11.3 Å². The van der Waals surface area contributed by atoms with Gasteiger partial charge in [0.15, 0.2) is 0 Å². The number of aliphatic hydroxyl groups is 1. The van der Waals surface area contributed by atoms with Gasteiger partial charge in [0.05, 0.1) is 5.60 Å². The Labute approximate surface area is 89.0 Å². The zero-order valence-corrected chi connectivity index (χ0v) is 9.31. The van der Waals surface area contributed by atoms with Crippen molar-refractivity contribution in [2.45, 2.75) is 37.8 Å². The van der Waals surface area contributed by atoms with E-state index in [-0.39, 0.29) is 0 Å². The highest BCUT2D eigenvalue weighted by Crippen LogP contribution is 2.24. The molecule has 1 aromatic heterocycles. The molecule has 0 bridgehead atoms. The Morgan fingerprint density at radius 2 is 2.57 bits per heavy atom. The monoisotopic (exact) mass is 211 g/mol. The molecule has 0 spiro atoms. The molecule has 3 heteroatoms. The summed E-state index contributed by atoms with van der Waals surface area (Å²) in [5.74, 6) is 0. The molecule has 0 aromatic carbocycles. The van der Waals surface area contributed by atoms with Gasteiger partial charge in [0.25, 0.3) is 0 Å². The van der Waals surface area contributed by atoms with Gasteiger partial charge in [0, 0.05) is 19.0 Å². The van der Waals surface area contributed by atoms with Crippen molar-refractivity contribution in [3.63, 3.8) is 0 Å². The second-order valence-corrected chi connectivity index (χ2v) is 5.13. The largest absolute Gasteiger partial charge is 0.388 e. The number of β-amino-alcohol motifs (C(OH)–C–C–N with tert-alkyl or cyclic N) is 1. The van der Waals surface area contributed by atoms with Crippen molar-refractivity contribution in [1.29, 1.82) is 0 Å². The average molecular weight is 211 g/mol. The van der Waals surface area contributed by atoms with Crippen LogP contribution in [0.3, 0.4) is 0 Å². The second-order valence-electron chi connectivity index (χ2n) is 4.35. The Kier molecular flexibility index (Phi) is 2.91. The summed E-state index contributed by atoms with van der Waals surface area (Å²) in [6, 6.07) is 2.65. The third-order valence-electron chi connectivity index (χ3n) is 2.94. The fraction of sp³-hybridized carbons (Fsp3) is 0.636. The maximum absolute atomic E-state index is 10.3. The Bertz CT molecular complexity index is 275. The molecule has 2 rings (SSSR count). The van der Waals surface area contributed by atoms with Gasteiger partial charge in [0.2, 0.25) is 0 Å². The topological polar surface area (TPSA) is 32.3 Å². The van der Waals surface area contributed by atoms with Crippen LogP contribution < -0.4 is 5.32 Å². The van der Waals surface area contributed by atoms with E-state index in [4.69, 9.17) is 0 Å². The van der Waals surface area contributed by atoms with Crippen molar-refractivity contribution in [2.75, 3.05) is 6.54 Å². The zero-order chi connectivity index (χ0) is 10.0. The predicted molar refractivity (Wildman–Crippen MR) is 59.7 cm³/mol. The SMILES string of the molecule is CC1CCC(O)(Cc2ccsc2)CN1. The van der Waals surface area contributed by atoms with Crippen LogP contribution in [0.25, 0.3) is 0 Å². The summed E-state index contributed by atoms with van der Waals surface area (Å²) in [6.45, 7) is 2.90. The fourth-order valence-corrected chi connectivity index (χ4v) is 2.63. The van der Waals surface area contributed by atoms with Crippen molar-refractivity contribution in [3.8, 4) is 0 Å². The molecule has 1 aromatic rings. The normalized spacial score (nSPS) is 33.1. The molecule has 0 radical (unpaired) electrons. The number of nitrogens with one attached hydrogen (secondary N) is 1. The molecule has 1 aliphatic heterocycles. The minimum atomic E-state index is -0.520. The minimum Gasteiger partial charge on any atom is -0.388 e. The van der Waals surface area contributed by atoms with Gasteiger partial charge in [-0.05, 0) is 42.2 Å². The van der Waals surface area contributed by atoms with E-state index in [1.807, 2.05) is 0 Å². The van der Waals surface area contributed by atoms with Crippen molar-refractivity contribution in [3.05, 3.63) is 22.4 Å². The van der Waals surface area contributed by atoms with Crippen molar-refractivity contribution in [2.24, 2.45) is 0 Å². The first kappa shape index (κ1) is 10.1. The quantitative estimate of drug-likeness (QED) is 0.781. The van der Waals surface area contributed by atoms with E-state index in [0.717, 1.165) is 25.8 Å². The van der Waals surface area contributed by atoms with Crippen LogP contribution in [0, 0.1) is 0 Å². The van der Waals surface area contributed by atoms with Gasteiger partial charge < -0.3 is 10.4 Å². The summed E-state index contributed by atoms with van der Waals surface area (Å²) in [7, 11) is 0. The van der Waals surface area contributed by atoms with E-state index < -0.39 is 5.60 Å². The maximum Gasteiger partial charge on any atom is 0.0812 e. The van der Waals surface area contributed by atoms with Gasteiger partial charge in [-0.1, -0.05) is 0 Å². The molecule has 1 aliphatic rings. The van der Waals surface area contributed by atoms with Crippen LogP contribution in [0.15, 0.2) is 16.8 Å². The van der Waals surface area contributed by atoms with Crippen LogP contribution in [0.4, 0.5) is 0 Å². The van der Waals surface area contributed by atoms with Crippen LogP contribution >= 0.6 is 11.3 Å². The summed E-state index contributed by atoms with van der Waals surface area (Å²) in [6.07, 6.45) is 2.77. The lowest BCUT2D eigenvalue weighted by molar-refractivity contribution is 0.00858. The van der Waals surface area contributed by atoms with Crippen molar-refractivity contribution < 1.29 is 5.11 Å². The minimum absolute atomic E-state index is 0.520. The molecule has 2 N–H and O–H groups in total. The van der Waals surface area contributed by atoms with Crippen LogP contribution in [0.1, 0.15) is 25.3 Å². The van der Waals surface area contributed by atoms with E-state index in [2.05, 4.69) is 29.1 Å². The molecular formula is C11H17NOS. The number of piperidine rings is 1. The Morgan fingerprint density at radius 1 is 1.71 bits per heavy atom. The fourth-order valence-electron chi connectivity index (χ4n) is 1.96. The first-order valence-electron chi connectivity index (χ1n) is 5.15. The number of hydrogen-bond donors (Lipinski definition) is 2. The number of hydrogen-bond acceptors (Lipinski definition) is 3. The van der Waals surface area contributed by atoms with E-state index >= 15 is 0 Å². The Hall–Kier alpha value is -0.380. The highest BCUT2D eigenvalue weighted by molar-refractivity contribution is 7.07. The lowest BCUT2D eigenvalue weighted by Crippen LogP contribution is -2.50. The summed E-state index contributed by atoms with van der Waals surface area (Å²) in [5, 5.41) is 17.8. The third kappa shape index (κ3) is 2.35. The molecule has 0 saturated carbocycles. The van der Waals surface area contributed by atoms with Crippen LogP contribution in [-0.4, -0.2) is 23.3 Å². The molecule has 1 fully saturated rings. The lowest BCUT2D eigenvalue weighted by Gasteiger charge is -2.35. The molecule has 2 nitrogen and oxygen atoms in total. The summed E-state index contributed by atoms with van der Waals surface area (Å²) < 4.78 is 0. The van der Waals surface area contributed by atoms with E-state index in [1.165, 1.54) is 5.56 Å². The summed E-state index contributed by atoms with van der Waals surface area (Å²) in [4.78, 5) is 0. The van der Waals surface area contributed by atoms with Crippen molar-refractivity contribution >= 4 is 11.3 Å². The van der Waals surface area contributed by atoms with E-state index in [0.29, 0.717) is 6.04 Å². The van der Waals surface area contributed by atoms with E-state index in [9.17, 15) is 5.11 Å². The van der Waals surface area contributed by atoms with Crippen LogP contribution in [0.2, 0.25) is 0 Å². The molecule has 0 aliphatic carbocycles. The predicted octanol–water partition coefficient (Wildman–Crippen LogP) is 1.79. The van der Waals surface area contributed by atoms with Gasteiger partial charge in [-0.15, -0.1) is 0 Å². The van der Waals surface area contributed by atoms with Crippen LogP contribution in [0.5, 0.6) is 0 Å². The summed E-state index contributed by atoms with van der Waals surface area (Å²) in [5.41, 5.74) is 0.738.